The summed E-state index contributed by atoms with van der Waals surface area (Å²) in [6, 6.07) is 1.88. The SMILES string of the molecule is CCC(CN)Cc1nc(-c2occc2C)no1. The maximum Gasteiger partial charge on any atom is 0.238 e. The topological polar surface area (TPSA) is 78.1 Å². The van der Waals surface area contributed by atoms with Gasteiger partial charge in [0, 0.05) is 6.42 Å². The maximum absolute atomic E-state index is 5.65. The van der Waals surface area contributed by atoms with E-state index < -0.39 is 0 Å². The Morgan fingerprint density at radius 3 is 2.88 bits per heavy atom. The smallest absolute Gasteiger partial charge is 0.238 e. The predicted octanol–water partition coefficient (Wildman–Crippen LogP) is 2.17. The van der Waals surface area contributed by atoms with Crippen molar-refractivity contribution >= 4 is 0 Å². The second kappa shape index (κ2) is 5.14. The van der Waals surface area contributed by atoms with E-state index in [-0.39, 0.29) is 0 Å². The first-order valence-corrected chi connectivity index (χ1v) is 5.81. The van der Waals surface area contributed by atoms with Crippen molar-refractivity contribution in [1.82, 2.24) is 10.1 Å². The number of aromatic nitrogens is 2. The van der Waals surface area contributed by atoms with Gasteiger partial charge in [0.15, 0.2) is 5.76 Å². The van der Waals surface area contributed by atoms with Gasteiger partial charge in [0.05, 0.1) is 6.26 Å². The Bertz CT molecular complexity index is 472. The van der Waals surface area contributed by atoms with Gasteiger partial charge >= 0.3 is 0 Å². The van der Waals surface area contributed by atoms with Crippen LogP contribution in [-0.2, 0) is 6.42 Å². The monoisotopic (exact) mass is 235 g/mol. The molecule has 1 unspecified atom stereocenters. The zero-order chi connectivity index (χ0) is 12.3. The van der Waals surface area contributed by atoms with E-state index in [9.17, 15) is 0 Å². The van der Waals surface area contributed by atoms with Crippen LogP contribution in [0.1, 0.15) is 24.8 Å². The molecule has 0 saturated carbocycles. The summed E-state index contributed by atoms with van der Waals surface area (Å²) in [5.74, 6) is 2.18. The van der Waals surface area contributed by atoms with E-state index in [1.807, 2.05) is 13.0 Å². The summed E-state index contributed by atoms with van der Waals surface area (Å²) in [5, 5.41) is 3.92. The number of hydrogen-bond acceptors (Lipinski definition) is 5. The van der Waals surface area contributed by atoms with Crippen LogP contribution < -0.4 is 5.73 Å². The van der Waals surface area contributed by atoms with Gasteiger partial charge < -0.3 is 14.7 Å². The van der Waals surface area contributed by atoms with E-state index in [2.05, 4.69) is 17.1 Å². The Morgan fingerprint density at radius 2 is 2.29 bits per heavy atom. The summed E-state index contributed by atoms with van der Waals surface area (Å²) in [6.07, 6.45) is 3.35. The lowest BCUT2D eigenvalue weighted by Gasteiger charge is -2.07. The Balaban J connectivity index is 2.14. The van der Waals surface area contributed by atoms with Crippen molar-refractivity contribution < 1.29 is 8.94 Å². The summed E-state index contributed by atoms with van der Waals surface area (Å²) >= 11 is 0. The fraction of sp³-hybridized carbons (Fsp3) is 0.500. The molecule has 2 aromatic rings. The van der Waals surface area contributed by atoms with E-state index in [1.165, 1.54) is 0 Å². The van der Waals surface area contributed by atoms with Gasteiger partial charge in [-0.3, -0.25) is 0 Å². The number of hydrogen-bond donors (Lipinski definition) is 1. The van der Waals surface area contributed by atoms with Crippen LogP contribution >= 0.6 is 0 Å². The van der Waals surface area contributed by atoms with Crippen molar-refractivity contribution in [3.05, 3.63) is 23.8 Å². The molecule has 0 aliphatic rings. The second-order valence-corrected chi connectivity index (χ2v) is 4.16. The first-order valence-electron chi connectivity index (χ1n) is 5.81. The molecule has 0 radical (unpaired) electrons. The molecule has 0 amide bonds. The van der Waals surface area contributed by atoms with Gasteiger partial charge in [0.25, 0.3) is 0 Å². The third kappa shape index (κ3) is 2.55. The molecular formula is C12H17N3O2. The molecule has 17 heavy (non-hydrogen) atoms. The van der Waals surface area contributed by atoms with Crippen molar-refractivity contribution in [2.75, 3.05) is 6.54 Å². The van der Waals surface area contributed by atoms with E-state index in [0.29, 0.717) is 29.9 Å². The molecule has 1 atom stereocenters. The van der Waals surface area contributed by atoms with Crippen molar-refractivity contribution in [2.45, 2.75) is 26.7 Å². The minimum Gasteiger partial charge on any atom is -0.461 e. The van der Waals surface area contributed by atoms with Crippen molar-refractivity contribution in [2.24, 2.45) is 11.7 Å². The molecule has 2 heterocycles. The third-order valence-electron chi connectivity index (χ3n) is 2.91. The average Bonchev–Trinajstić information content (AvgIpc) is 2.94. The van der Waals surface area contributed by atoms with Gasteiger partial charge in [0.1, 0.15) is 0 Å². The Hall–Kier alpha value is -1.62. The minimum absolute atomic E-state index is 0.390. The third-order valence-corrected chi connectivity index (χ3v) is 2.91. The van der Waals surface area contributed by atoms with Crippen LogP contribution in [0.2, 0.25) is 0 Å². The average molecular weight is 235 g/mol. The highest BCUT2D eigenvalue weighted by Gasteiger charge is 2.16. The molecule has 2 N–H and O–H groups in total. The highest BCUT2D eigenvalue weighted by molar-refractivity contribution is 5.50. The van der Waals surface area contributed by atoms with Gasteiger partial charge in [0.2, 0.25) is 11.7 Å². The molecule has 92 valence electrons. The quantitative estimate of drug-likeness (QED) is 0.859. The first-order chi connectivity index (χ1) is 8.24. The molecule has 0 aromatic carbocycles. The maximum atomic E-state index is 5.65. The molecule has 2 aromatic heterocycles. The van der Waals surface area contributed by atoms with Crippen LogP contribution in [0.25, 0.3) is 11.6 Å². The number of furan rings is 1. The largest absolute Gasteiger partial charge is 0.461 e. The normalized spacial score (nSPS) is 12.9. The van der Waals surface area contributed by atoms with Crippen molar-refractivity contribution in [3.8, 4) is 11.6 Å². The number of rotatable bonds is 5. The lowest BCUT2D eigenvalue weighted by Crippen LogP contribution is -2.15. The van der Waals surface area contributed by atoms with E-state index >= 15 is 0 Å². The number of aryl methyl sites for hydroxylation is 1. The van der Waals surface area contributed by atoms with Gasteiger partial charge in [-0.15, -0.1) is 0 Å². The molecule has 0 saturated heterocycles. The van der Waals surface area contributed by atoms with Crippen LogP contribution in [0.5, 0.6) is 0 Å². The Labute approximate surface area is 100.0 Å². The van der Waals surface area contributed by atoms with E-state index in [1.54, 1.807) is 6.26 Å². The predicted molar refractivity (Wildman–Crippen MR) is 63.3 cm³/mol. The van der Waals surface area contributed by atoms with Crippen LogP contribution in [-0.4, -0.2) is 16.7 Å². The summed E-state index contributed by atoms with van der Waals surface area (Å²) in [5.41, 5.74) is 6.65. The summed E-state index contributed by atoms with van der Waals surface area (Å²) in [4.78, 5) is 4.32. The zero-order valence-corrected chi connectivity index (χ0v) is 10.1. The van der Waals surface area contributed by atoms with Gasteiger partial charge in [-0.25, -0.2) is 0 Å². The molecule has 5 heteroatoms. The van der Waals surface area contributed by atoms with Crippen molar-refractivity contribution in [1.29, 1.82) is 0 Å². The highest BCUT2D eigenvalue weighted by Crippen LogP contribution is 2.21. The van der Waals surface area contributed by atoms with E-state index in [4.69, 9.17) is 14.7 Å². The minimum atomic E-state index is 0.390. The fourth-order valence-electron chi connectivity index (χ4n) is 1.67. The molecule has 0 fully saturated rings. The zero-order valence-electron chi connectivity index (χ0n) is 10.1. The lowest BCUT2D eigenvalue weighted by atomic mass is 10.0. The van der Waals surface area contributed by atoms with Crippen LogP contribution in [0.4, 0.5) is 0 Å². The standard InChI is InChI=1S/C12H17N3O2/c1-3-9(7-13)6-10-14-12(15-17-10)11-8(2)4-5-16-11/h4-5,9H,3,6-7,13H2,1-2H3. The summed E-state index contributed by atoms with van der Waals surface area (Å²) < 4.78 is 10.5. The lowest BCUT2D eigenvalue weighted by molar-refractivity contribution is 0.350. The van der Waals surface area contributed by atoms with Crippen LogP contribution in [0.3, 0.4) is 0 Å². The first kappa shape index (κ1) is 11.9. The molecule has 2 rings (SSSR count). The molecule has 0 aliphatic carbocycles. The van der Waals surface area contributed by atoms with Crippen LogP contribution in [0.15, 0.2) is 21.3 Å². The fourth-order valence-corrected chi connectivity index (χ4v) is 1.67. The molecular weight excluding hydrogens is 218 g/mol. The summed E-state index contributed by atoms with van der Waals surface area (Å²) in [7, 11) is 0. The molecule has 5 nitrogen and oxygen atoms in total. The number of nitrogens with two attached hydrogens (primary N) is 1. The molecule has 0 bridgehead atoms. The second-order valence-electron chi connectivity index (χ2n) is 4.16. The highest BCUT2D eigenvalue weighted by atomic mass is 16.5. The van der Waals surface area contributed by atoms with Gasteiger partial charge in [-0.2, -0.15) is 4.98 Å². The van der Waals surface area contributed by atoms with Gasteiger partial charge in [-0.1, -0.05) is 18.5 Å². The Morgan fingerprint density at radius 1 is 1.47 bits per heavy atom. The Kier molecular flexibility index (Phi) is 3.58. The summed E-state index contributed by atoms with van der Waals surface area (Å²) in [6.45, 7) is 4.68. The van der Waals surface area contributed by atoms with E-state index in [0.717, 1.165) is 18.4 Å². The molecule has 0 aliphatic heterocycles. The van der Waals surface area contributed by atoms with Crippen LogP contribution in [0, 0.1) is 12.8 Å². The molecule has 0 spiro atoms. The van der Waals surface area contributed by atoms with Gasteiger partial charge in [-0.05, 0) is 31.0 Å². The number of nitrogens with zero attached hydrogens (tertiary/aromatic N) is 2. The van der Waals surface area contributed by atoms with Crippen molar-refractivity contribution in [3.63, 3.8) is 0 Å².